The molecule has 11 heteroatoms. The zero-order valence-electron chi connectivity index (χ0n) is 19.7. The molecule has 0 saturated carbocycles. The molecule has 36 heavy (non-hydrogen) atoms. The maximum Gasteiger partial charge on any atom is 0.317 e. The highest BCUT2D eigenvalue weighted by molar-refractivity contribution is 7.07. The molecule has 0 spiro atoms. The molecule has 1 amide bonds. The Balaban J connectivity index is 1.65. The first-order chi connectivity index (χ1) is 17.3. The predicted octanol–water partition coefficient (Wildman–Crippen LogP) is 0.732. The molecule has 0 aliphatic carbocycles. The molecule has 0 fully saturated rings. The third-order valence-electron chi connectivity index (χ3n) is 6.19. The van der Waals surface area contributed by atoms with Gasteiger partial charge in [0.15, 0.2) is 22.9 Å². The molecule has 0 unspecified atom stereocenters. The maximum atomic E-state index is 13.7. The van der Waals surface area contributed by atoms with Crippen molar-refractivity contribution in [1.29, 1.82) is 0 Å². The molecule has 0 saturated heterocycles. The number of hydrogen-bond donors (Lipinski definition) is 1. The lowest BCUT2D eigenvalue weighted by Crippen LogP contribution is -2.58. The largest absolute Gasteiger partial charge is 0.493 e. The van der Waals surface area contributed by atoms with Gasteiger partial charge >= 0.3 is 5.97 Å². The van der Waals surface area contributed by atoms with E-state index in [0.29, 0.717) is 37.7 Å². The molecule has 2 aliphatic heterocycles. The second kappa shape index (κ2) is 8.83. The topological polar surface area (TPSA) is 131 Å². The van der Waals surface area contributed by atoms with Crippen LogP contribution in [0.5, 0.6) is 17.2 Å². The number of aromatic nitrogens is 1. The number of ether oxygens (including phenoxy) is 4. The van der Waals surface area contributed by atoms with Gasteiger partial charge in [0.1, 0.15) is 11.7 Å². The van der Waals surface area contributed by atoms with E-state index in [-0.39, 0.29) is 12.2 Å². The monoisotopic (exact) mass is 509 g/mol. The van der Waals surface area contributed by atoms with Crippen molar-refractivity contribution in [1.82, 2.24) is 4.57 Å². The molecule has 3 atom stereocenters. The summed E-state index contributed by atoms with van der Waals surface area (Å²) in [6.07, 6.45) is 1.71. The highest BCUT2D eigenvalue weighted by Gasteiger charge is 2.55. The maximum absolute atomic E-state index is 13.7. The number of primary amides is 1. The zero-order chi connectivity index (χ0) is 25.6. The lowest BCUT2D eigenvalue weighted by molar-refractivity contribution is -0.158. The van der Waals surface area contributed by atoms with Gasteiger partial charge in [-0.05, 0) is 36.8 Å². The highest BCUT2D eigenvalue weighted by Crippen LogP contribution is 2.47. The molecule has 5 rings (SSSR count). The van der Waals surface area contributed by atoms with E-state index >= 15 is 0 Å². The van der Waals surface area contributed by atoms with Crippen LogP contribution in [0, 0.1) is 5.92 Å². The van der Waals surface area contributed by atoms with Gasteiger partial charge in [-0.3, -0.25) is 19.0 Å². The second-order valence-electron chi connectivity index (χ2n) is 8.49. The van der Waals surface area contributed by atoms with Gasteiger partial charge in [-0.2, -0.15) is 0 Å². The minimum atomic E-state index is -1.23. The van der Waals surface area contributed by atoms with Crippen molar-refractivity contribution in [3.63, 3.8) is 0 Å². The Morgan fingerprint density at radius 3 is 2.72 bits per heavy atom. The summed E-state index contributed by atoms with van der Waals surface area (Å²) in [6, 6.07) is 11.7. The summed E-state index contributed by atoms with van der Waals surface area (Å²) in [6.45, 7) is 1.44. The van der Waals surface area contributed by atoms with Crippen LogP contribution in [0.1, 0.15) is 24.1 Å². The van der Waals surface area contributed by atoms with Crippen molar-refractivity contribution in [2.75, 3.05) is 20.8 Å². The van der Waals surface area contributed by atoms with E-state index in [2.05, 4.69) is 0 Å². The number of esters is 1. The van der Waals surface area contributed by atoms with Gasteiger partial charge in [0, 0.05) is 5.56 Å². The van der Waals surface area contributed by atoms with Crippen LogP contribution in [0.3, 0.4) is 0 Å². The summed E-state index contributed by atoms with van der Waals surface area (Å²) >= 11 is 1.20. The molecule has 2 aromatic carbocycles. The number of fused-ring (bicyclic) bond motifs is 6. The van der Waals surface area contributed by atoms with E-state index in [0.717, 1.165) is 0 Å². The van der Waals surface area contributed by atoms with Gasteiger partial charge in [0.25, 0.3) is 11.5 Å². The third kappa shape index (κ3) is 3.81. The Bertz CT molecular complexity index is 1560. The first-order valence-corrected chi connectivity index (χ1v) is 11.8. The number of carbonyl (C=O) groups excluding carboxylic acids is 2. The molecule has 10 nitrogen and oxygen atoms in total. The smallest absolute Gasteiger partial charge is 0.317 e. The minimum Gasteiger partial charge on any atom is -0.493 e. The van der Waals surface area contributed by atoms with E-state index in [4.69, 9.17) is 29.7 Å². The molecular formula is C25H23N3O7S. The van der Waals surface area contributed by atoms with E-state index in [9.17, 15) is 14.4 Å². The Morgan fingerprint density at radius 1 is 1.22 bits per heavy atom. The Labute approximate surface area is 209 Å². The van der Waals surface area contributed by atoms with Crippen LogP contribution in [0.25, 0.3) is 6.08 Å². The first-order valence-electron chi connectivity index (χ1n) is 11.0. The Kier molecular flexibility index (Phi) is 5.79. The van der Waals surface area contributed by atoms with E-state index in [1.165, 1.54) is 25.6 Å². The summed E-state index contributed by atoms with van der Waals surface area (Å²) < 4.78 is 24.0. The van der Waals surface area contributed by atoms with Crippen molar-refractivity contribution < 1.29 is 28.5 Å². The standard InChI is InChI=1S/C25H23N3O7S/c1-25-20(23(31)33-3)21(14-6-4-5-7-15(14)35-25)28-22(30)18(36-24(28)27-25)11-13-8-9-16(17(10-13)32-2)34-12-19(26)29/h4-11,20-21H,12H2,1-3H3,(H2,26,29)/b18-11-/t20-,21+,25-/m0/s1. The normalized spacial score (nSPS) is 21.9. The van der Waals surface area contributed by atoms with E-state index in [1.54, 1.807) is 41.8 Å². The summed E-state index contributed by atoms with van der Waals surface area (Å²) in [4.78, 5) is 42.7. The van der Waals surface area contributed by atoms with Crippen molar-refractivity contribution in [3.05, 3.63) is 73.3 Å². The second-order valence-corrected chi connectivity index (χ2v) is 9.49. The molecule has 2 N–H and O–H groups in total. The van der Waals surface area contributed by atoms with Gasteiger partial charge in [-0.1, -0.05) is 35.6 Å². The number of benzene rings is 2. The lowest BCUT2D eigenvalue weighted by atomic mass is 9.81. The van der Waals surface area contributed by atoms with Gasteiger partial charge in [-0.25, -0.2) is 4.99 Å². The number of methoxy groups -OCH3 is 2. The number of carbonyl (C=O) groups is 2. The van der Waals surface area contributed by atoms with Crippen LogP contribution < -0.4 is 34.8 Å². The fraction of sp³-hybridized carbons (Fsp3) is 0.280. The summed E-state index contributed by atoms with van der Waals surface area (Å²) in [5.74, 6) is -0.657. The van der Waals surface area contributed by atoms with Crippen LogP contribution in [0.2, 0.25) is 0 Å². The lowest BCUT2D eigenvalue weighted by Gasteiger charge is -2.44. The fourth-order valence-electron chi connectivity index (χ4n) is 4.62. The number of rotatable bonds is 6. The molecule has 0 radical (unpaired) electrons. The number of amides is 1. The summed E-state index contributed by atoms with van der Waals surface area (Å²) in [5.41, 5.74) is 5.01. The summed E-state index contributed by atoms with van der Waals surface area (Å²) in [7, 11) is 2.78. The Morgan fingerprint density at radius 2 is 2.00 bits per heavy atom. The van der Waals surface area contributed by atoms with Crippen molar-refractivity contribution in [3.8, 4) is 17.2 Å². The molecule has 1 aromatic heterocycles. The van der Waals surface area contributed by atoms with Gasteiger partial charge < -0.3 is 24.7 Å². The fourth-order valence-corrected chi connectivity index (χ4v) is 5.72. The molecule has 3 aromatic rings. The molecule has 186 valence electrons. The third-order valence-corrected chi connectivity index (χ3v) is 7.17. The number of nitrogens with zero attached hydrogens (tertiary/aromatic N) is 2. The zero-order valence-corrected chi connectivity index (χ0v) is 20.5. The molecule has 2 bridgehead atoms. The first kappa shape index (κ1) is 23.6. The van der Waals surface area contributed by atoms with Gasteiger partial charge in [0.2, 0.25) is 5.72 Å². The molecule has 2 aliphatic rings. The summed E-state index contributed by atoms with van der Waals surface area (Å²) in [5, 5.41) is 0. The van der Waals surface area contributed by atoms with Crippen LogP contribution in [0.4, 0.5) is 0 Å². The van der Waals surface area contributed by atoms with Gasteiger partial charge in [-0.15, -0.1) is 0 Å². The van der Waals surface area contributed by atoms with Crippen LogP contribution in [-0.2, 0) is 14.3 Å². The van der Waals surface area contributed by atoms with Crippen LogP contribution >= 0.6 is 11.3 Å². The number of hydrogen-bond acceptors (Lipinski definition) is 9. The van der Waals surface area contributed by atoms with Crippen molar-refractivity contribution in [2.45, 2.75) is 18.7 Å². The highest BCUT2D eigenvalue weighted by atomic mass is 32.1. The van der Waals surface area contributed by atoms with Gasteiger partial charge in [0.05, 0.1) is 24.8 Å². The molecular weight excluding hydrogens is 486 g/mol. The van der Waals surface area contributed by atoms with Crippen LogP contribution in [0.15, 0.2) is 52.3 Å². The Hall–Kier alpha value is -4.12. The number of nitrogens with two attached hydrogens (primary N) is 1. The SMILES string of the molecule is COC(=O)[C@@H]1[C@H]2c3ccccc3O[C@]1(C)N=c1s/c(=C\c3ccc(OCC(N)=O)c(OC)c3)c(=O)n12. The number of thiazole rings is 1. The number of para-hydroxylation sites is 1. The van der Waals surface area contributed by atoms with E-state index in [1.807, 2.05) is 18.2 Å². The van der Waals surface area contributed by atoms with Crippen LogP contribution in [-0.4, -0.2) is 43.0 Å². The van der Waals surface area contributed by atoms with Crippen molar-refractivity contribution in [2.24, 2.45) is 16.6 Å². The van der Waals surface area contributed by atoms with E-state index < -0.39 is 29.6 Å². The average molecular weight is 510 g/mol. The van der Waals surface area contributed by atoms with Crippen molar-refractivity contribution >= 4 is 29.3 Å². The molecule has 3 heterocycles. The quantitative estimate of drug-likeness (QED) is 0.485. The minimum absolute atomic E-state index is 0.287. The average Bonchev–Trinajstić information content (AvgIpc) is 3.15. The predicted molar refractivity (Wildman–Crippen MR) is 130 cm³/mol.